The minimum atomic E-state index is -1.25. The number of benzene rings is 1. The van der Waals surface area contributed by atoms with E-state index in [-0.39, 0.29) is 24.0 Å². The number of esters is 1. The van der Waals surface area contributed by atoms with Gasteiger partial charge >= 0.3 is 5.97 Å². The third kappa shape index (κ3) is 4.81. The summed E-state index contributed by atoms with van der Waals surface area (Å²) >= 11 is 0. The van der Waals surface area contributed by atoms with E-state index in [0.29, 0.717) is 25.7 Å². The topological polar surface area (TPSA) is 52.3 Å². The van der Waals surface area contributed by atoms with E-state index in [1.165, 1.54) is 13.8 Å². The summed E-state index contributed by atoms with van der Waals surface area (Å²) in [7, 11) is 0. The standard InChI is InChI=1S/C17H24FNO2/c1-17(2,18)9-8-13-11-15(21-16(13)20)14(19)10-12-6-4-3-5-7-12/h3-7,13-15H,8-11,19H2,1-2H3/t13-,14+,15+/m1/s1. The Hall–Kier alpha value is -1.42. The molecule has 1 aliphatic heterocycles. The van der Waals surface area contributed by atoms with Crippen LogP contribution in [-0.2, 0) is 16.0 Å². The average molecular weight is 293 g/mol. The zero-order valence-electron chi connectivity index (χ0n) is 12.7. The van der Waals surface area contributed by atoms with Crippen molar-refractivity contribution in [3.8, 4) is 0 Å². The minimum Gasteiger partial charge on any atom is -0.460 e. The summed E-state index contributed by atoms with van der Waals surface area (Å²) in [4.78, 5) is 11.9. The Labute approximate surface area is 125 Å². The highest BCUT2D eigenvalue weighted by molar-refractivity contribution is 5.74. The number of alkyl halides is 1. The molecule has 4 heteroatoms. The van der Waals surface area contributed by atoms with Gasteiger partial charge in [-0.3, -0.25) is 4.79 Å². The van der Waals surface area contributed by atoms with E-state index >= 15 is 0 Å². The van der Waals surface area contributed by atoms with Crippen LogP contribution >= 0.6 is 0 Å². The van der Waals surface area contributed by atoms with Gasteiger partial charge in [0.05, 0.1) is 5.92 Å². The second kappa shape index (κ2) is 6.56. The quantitative estimate of drug-likeness (QED) is 0.820. The van der Waals surface area contributed by atoms with E-state index in [1.807, 2.05) is 30.3 Å². The van der Waals surface area contributed by atoms with Gasteiger partial charge in [0, 0.05) is 6.04 Å². The van der Waals surface area contributed by atoms with Crippen molar-refractivity contribution in [1.29, 1.82) is 0 Å². The molecule has 2 rings (SSSR count). The Morgan fingerprint density at radius 2 is 2.05 bits per heavy atom. The summed E-state index contributed by atoms with van der Waals surface area (Å²) in [5.41, 5.74) is 6.05. The smallest absolute Gasteiger partial charge is 0.309 e. The third-order valence-corrected chi connectivity index (χ3v) is 4.00. The minimum absolute atomic E-state index is 0.209. The van der Waals surface area contributed by atoms with E-state index < -0.39 is 5.67 Å². The number of nitrogens with two attached hydrogens (primary N) is 1. The first kappa shape index (κ1) is 16.0. The molecule has 0 bridgehead atoms. The van der Waals surface area contributed by atoms with E-state index in [2.05, 4.69) is 0 Å². The predicted octanol–water partition coefficient (Wildman–Crippen LogP) is 3.02. The van der Waals surface area contributed by atoms with Gasteiger partial charge in [-0.25, -0.2) is 4.39 Å². The largest absolute Gasteiger partial charge is 0.460 e. The molecule has 0 aromatic heterocycles. The van der Waals surface area contributed by atoms with Gasteiger partial charge in [0.15, 0.2) is 0 Å². The molecule has 3 atom stereocenters. The number of carbonyl (C=O) groups excluding carboxylic acids is 1. The summed E-state index contributed by atoms with van der Waals surface area (Å²) in [6.45, 7) is 3.07. The molecule has 0 saturated carbocycles. The molecule has 1 saturated heterocycles. The molecule has 2 N–H and O–H groups in total. The van der Waals surface area contributed by atoms with Crippen molar-refractivity contribution >= 4 is 5.97 Å². The molecule has 0 amide bonds. The van der Waals surface area contributed by atoms with Gasteiger partial charge in [-0.1, -0.05) is 30.3 Å². The normalized spacial score (nSPS) is 23.9. The van der Waals surface area contributed by atoms with Crippen LogP contribution in [0.5, 0.6) is 0 Å². The lowest BCUT2D eigenvalue weighted by atomic mass is 9.91. The fourth-order valence-electron chi connectivity index (χ4n) is 2.70. The molecule has 0 spiro atoms. The van der Waals surface area contributed by atoms with E-state index in [1.54, 1.807) is 0 Å². The molecule has 0 aliphatic carbocycles. The van der Waals surface area contributed by atoms with Crippen LogP contribution in [-0.4, -0.2) is 23.8 Å². The molecule has 1 aliphatic rings. The molecule has 21 heavy (non-hydrogen) atoms. The van der Waals surface area contributed by atoms with Gasteiger partial charge in [-0.2, -0.15) is 0 Å². The predicted molar refractivity (Wildman–Crippen MR) is 80.5 cm³/mol. The summed E-state index contributed by atoms with van der Waals surface area (Å²) in [5, 5.41) is 0. The molecular weight excluding hydrogens is 269 g/mol. The Kier molecular flexibility index (Phi) is 4.99. The van der Waals surface area contributed by atoms with Crippen molar-refractivity contribution < 1.29 is 13.9 Å². The Morgan fingerprint density at radius 3 is 2.67 bits per heavy atom. The van der Waals surface area contributed by atoms with Gasteiger partial charge < -0.3 is 10.5 Å². The van der Waals surface area contributed by atoms with Gasteiger partial charge in [-0.15, -0.1) is 0 Å². The molecule has 1 aromatic rings. The Bertz CT molecular complexity index is 469. The molecule has 1 aromatic carbocycles. The highest BCUT2D eigenvalue weighted by atomic mass is 19.1. The molecule has 116 valence electrons. The molecule has 0 radical (unpaired) electrons. The van der Waals surface area contributed by atoms with E-state index in [4.69, 9.17) is 10.5 Å². The number of ether oxygens (including phenoxy) is 1. The van der Waals surface area contributed by atoms with Crippen LogP contribution in [0.1, 0.15) is 38.7 Å². The van der Waals surface area contributed by atoms with Gasteiger partial charge in [0.1, 0.15) is 11.8 Å². The van der Waals surface area contributed by atoms with Crippen LogP contribution < -0.4 is 5.73 Å². The fourth-order valence-corrected chi connectivity index (χ4v) is 2.70. The number of hydrogen-bond donors (Lipinski definition) is 1. The summed E-state index contributed by atoms with van der Waals surface area (Å²) in [5.74, 6) is -0.445. The number of cyclic esters (lactones) is 1. The molecule has 3 nitrogen and oxygen atoms in total. The van der Waals surface area contributed by atoms with Crippen molar-refractivity contribution in [2.75, 3.05) is 0 Å². The third-order valence-electron chi connectivity index (χ3n) is 4.00. The first-order chi connectivity index (χ1) is 9.85. The van der Waals surface area contributed by atoms with Crippen LogP contribution in [0.3, 0.4) is 0 Å². The van der Waals surface area contributed by atoms with Crippen molar-refractivity contribution in [3.63, 3.8) is 0 Å². The van der Waals surface area contributed by atoms with Crippen molar-refractivity contribution in [2.24, 2.45) is 11.7 Å². The van der Waals surface area contributed by atoms with Crippen molar-refractivity contribution in [1.82, 2.24) is 0 Å². The molecule has 1 fully saturated rings. The van der Waals surface area contributed by atoms with Crippen LogP contribution in [0.4, 0.5) is 4.39 Å². The summed E-state index contributed by atoms with van der Waals surface area (Å²) < 4.78 is 18.9. The Morgan fingerprint density at radius 1 is 1.38 bits per heavy atom. The molecule has 0 unspecified atom stereocenters. The first-order valence-electron chi connectivity index (χ1n) is 7.54. The number of halogens is 1. The van der Waals surface area contributed by atoms with Crippen molar-refractivity contribution in [2.45, 2.75) is 57.3 Å². The maximum atomic E-state index is 13.5. The highest BCUT2D eigenvalue weighted by Gasteiger charge is 2.38. The number of rotatable bonds is 6. The van der Waals surface area contributed by atoms with Crippen LogP contribution in [0.15, 0.2) is 30.3 Å². The van der Waals surface area contributed by atoms with Crippen LogP contribution in [0, 0.1) is 5.92 Å². The summed E-state index contributed by atoms with van der Waals surface area (Å²) in [6, 6.07) is 9.71. The lowest BCUT2D eigenvalue weighted by molar-refractivity contribution is -0.145. The lowest BCUT2D eigenvalue weighted by Gasteiger charge is -2.18. The maximum absolute atomic E-state index is 13.5. The number of carbonyl (C=O) groups is 1. The zero-order valence-corrected chi connectivity index (χ0v) is 12.7. The number of hydrogen-bond acceptors (Lipinski definition) is 3. The van der Waals surface area contributed by atoms with Gasteiger partial charge in [-0.05, 0) is 45.1 Å². The van der Waals surface area contributed by atoms with Crippen molar-refractivity contribution in [3.05, 3.63) is 35.9 Å². The highest BCUT2D eigenvalue weighted by Crippen LogP contribution is 2.30. The van der Waals surface area contributed by atoms with Crippen LogP contribution in [0.25, 0.3) is 0 Å². The fraction of sp³-hybridized carbons (Fsp3) is 0.588. The monoisotopic (exact) mass is 293 g/mol. The van der Waals surface area contributed by atoms with Gasteiger partial charge in [0.2, 0.25) is 0 Å². The second-order valence-corrected chi connectivity index (χ2v) is 6.52. The van der Waals surface area contributed by atoms with Gasteiger partial charge in [0.25, 0.3) is 0 Å². The zero-order chi connectivity index (χ0) is 15.5. The van der Waals surface area contributed by atoms with E-state index in [9.17, 15) is 9.18 Å². The Balaban J connectivity index is 1.86. The summed E-state index contributed by atoms with van der Waals surface area (Å²) in [6.07, 6.45) is 1.92. The van der Waals surface area contributed by atoms with E-state index in [0.717, 1.165) is 5.56 Å². The maximum Gasteiger partial charge on any atom is 0.309 e. The first-order valence-corrected chi connectivity index (χ1v) is 7.54. The lowest BCUT2D eigenvalue weighted by Crippen LogP contribution is -2.36. The van der Waals surface area contributed by atoms with Crippen LogP contribution in [0.2, 0.25) is 0 Å². The molecular formula is C17H24FNO2. The SMILES string of the molecule is CC(C)(F)CC[C@@H]1C[C@@H]([C@@H](N)Cc2ccccc2)OC1=O. The second-order valence-electron chi connectivity index (χ2n) is 6.52. The average Bonchev–Trinajstić information content (AvgIpc) is 2.78. The molecule has 1 heterocycles.